The van der Waals surface area contributed by atoms with E-state index in [2.05, 4.69) is 0 Å². The number of hydrogen-bond acceptors (Lipinski definition) is 4. The number of anilines is 1. The quantitative estimate of drug-likeness (QED) is 0.591. The van der Waals surface area contributed by atoms with Crippen molar-refractivity contribution in [3.05, 3.63) is 72.3 Å². The van der Waals surface area contributed by atoms with E-state index in [0.717, 1.165) is 33.9 Å². The predicted molar refractivity (Wildman–Crippen MR) is 118 cm³/mol. The first-order valence-electron chi connectivity index (χ1n) is 10.1. The summed E-state index contributed by atoms with van der Waals surface area (Å²) in [4.78, 5) is 24.9. The molecule has 1 N–H and O–H groups in total. The van der Waals surface area contributed by atoms with Gasteiger partial charge in [-0.2, -0.15) is 0 Å². The monoisotopic (exact) mass is 417 g/mol. The summed E-state index contributed by atoms with van der Waals surface area (Å²) in [7, 11) is 1.59. The smallest absolute Gasteiger partial charge is 0.305 e. The molecular formula is C25H23NO5. The second kappa shape index (κ2) is 8.92. The number of rotatable bonds is 7. The van der Waals surface area contributed by atoms with Gasteiger partial charge in [-0.05, 0) is 47.9 Å². The molecule has 0 atom stereocenters. The lowest BCUT2D eigenvalue weighted by Crippen LogP contribution is -2.36. The summed E-state index contributed by atoms with van der Waals surface area (Å²) in [6, 6.07) is 21.2. The fraction of sp³-hybridized carbons (Fsp3) is 0.200. The Kier molecular flexibility index (Phi) is 5.89. The van der Waals surface area contributed by atoms with Crippen molar-refractivity contribution in [1.29, 1.82) is 0 Å². The molecule has 0 aliphatic carbocycles. The van der Waals surface area contributed by atoms with E-state index in [1.54, 1.807) is 12.0 Å². The fourth-order valence-corrected chi connectivity index (χ4v) is 3.75. The van der Waals surface area contributed by atoms with Crippen LogP contribution >= 0.6 is 0 Å². The summed E-state index contributed by atoms with van der Waals surface area (Å²) in [6.45, 7) is 0.148. The van der Waals surface area contributed by atoms with Gasteiger partial charge < -0.3 is 19.5 Å². The Labute approximate surface area is 180 Å². The Balaban J connectivity index is 1.63. The molecule has 6 heteroatoms. The molecule has 3 aromatic carbocycles. The van der Waals surface area contributed by atoms with Crippen LogP contribution in [-0.4, -0.2) is 30.6 Å². The minimum atomic E-state index is -0.929. The molecule has 1 aliphatic rings. The zero-order chi connectivity index (χ0) is 21.8. The molecule has 4 rings (SSSR count). The predicted octanol–water partition coefficient (Wildman–Crippen LogP) is 4.91. The van der Waals surface area contributed by atoms with Crippen LogP contribution in [0.1, 0.15) is 18.4 Å². The number of carboxylic acids is 1. The molecule has 0 saturated heterocycles. The third kappa shape index (κ3) is 4.53. The highest BCUT2D eigenvalue weighted by Crippen LogP contribution is 2.39. The second-order valence-electron chi connectivity index (χ2n) is 7.31. The molecule has 0 saturated carbocycles. The number of hydrogen-bond donors (Lipinski definition) is 1. The molecule has 0 aromatic heterocycles. The van der Waals surface area contributed by atoms with Crippen molar-refractivity contribution in [2.75, 3.05) is 18.6 Å². The molecule has 31 heavy (non-hydrogen) atoms. The van der Waals surface area contributed by atoms with Crippen LogP contribution in [-0.2, 0) is 16.0 Å². The van der Waals surface area contributed by atoms with Crippen molar-refractivity contribution in [1.82, 2.24) is 0 Å². The van der Waals surface area contributed by atoms with Crippen LogP contribution < -0.4 is 14.4 Å². The van der Waals surface area contributed by atoms with Gasteiger partial charge >= 0.3 is 5.97 Å². The largest absolute Gasteiger partial charge is 0.496 e. The molecule has 1 heterocycles. The van der Waals surface area contributed by atoms with Crippen molar-refractivity contribution in [2.45, 2.75) is 19.3 Å². The molecular weight excluding hydrogens is 394 g/mol. The first-order chi connectivity index (χ1) is 15.0. The Morgan fingerprint density at radius 1 is 1.00 bits per heavy atom. The molecule has 0 unspecified atom stereocenters. The molecule has 1 aliphatic heterocycles. The molecule has 0 spiro atoms. The first-order valence-corrected chi connectivity index (χ1v) is 10.1. The highest BCUT2D eigenvalue weighted by atomic mass is 16.5. The highest BCUT2D eigenvalue weighted by molar-refractivity contribution is 5.98. The molecule has 0 bridgehead atoms. The van der Waals surface area contributed by atoms with Gasteiger partial charge in [-0.25, -0.2) is 0 Å². The van der Waals surface area contributed by atoms with Gasteiger partial charge in [-0.15, -0.1) is 0 Å². The maximum atomic E-state index is 12.4. The van der Waals surface area contributed by atoms with Crippen molar-refractivity contribution < 1.29 is 24.2 Å². The van der Waals surface area contributed by atoms with Gasteiger partial charge in [0.2, 0.25) is 5.91 Å². The van der Waals surface area contributed by atoms with E-state index >= 15 is 0 Å². The third-order valence-corrected chi connectivity index (χ3v) is 5.29. The van der Waals surface area contributed by atoms with Gasteiger partial charge in [0.05, 0.1) is 19.2 Å². The number of aryl methyl sites for hydroxylation is 1. The van der Waals surface area contributed by atoms with E-state index < -0.39 is 5.97 Å². The standard InChI is InChI=1S/C25H23NO5/c1-30-23-16-22-18(9-12-24(27)26(22)14-13-25(28)29)15-21(23)17-7-10-20(11-8-17)31-19-5-3-2-4-6-19/h2-8,10-11,15-16H,9,12-14H2,1H3,(H,28,29). The van der Waals surface area contributed by atoms with Crippen molar-refractivity contribution in [3.8, 4) is 28.4 Å². The highest BCUT2D eigenvalue weighted by Gasteiger charge is 2.26. The van der Waals surface area contributed by atoms with E-state index in [0.29, 0.717) is 18.6 Å². The molecule has 0 fully saturated rings. The summed E-state index contributed by atoms with van der Waals surface area (Å²) in [6.07, 6.45) is 0.879. The average molecular weight is 417 g/mol. The number of aliphatic carboxylic acids is 1. The Bertz CT molecular complexity index is 1090. The van der Waals surface area contributed by atoms with Crippen LogP contribution in [0.4, 0.5) is 5.69 Å². The number of ether oxygens (including phenoxy) is 2. The van der Waals surface area contributed by atoms with Crippen LogP contribution in [0.5, 0.6) is 17.2 Å². The molecule has 158 valence electrons. The van der Waals surface area contributed by atoms with Crippen LogP contribution in [0.25, 0.3) is 11.1 Å². The summed E-state index contributed by atoms with van der Waals surface area (Å²) in [5, 5.41) is 9.01. The number of amides is 1. The molecule has 6 nitrogen and oxygen atoms in total. The van der Waals surface area contributed by atoms with E-state index in [4.69, 9.17) is 14.6 Å². The lowest BCUT2D eigenvalue weighted by atomic mass is 9.94. The van der Waals surface area contributed by atoms with E-state index in [-0.39, 0.29) is 18.9 Å². The summed E-state index contributed by atoms with van der Waals surface area (Å²) in [5.41, 5.74) is 3.61. The maximum absolute atomic E-state index is 12.4. The topological polar surface area (TPSA) is 76.1 Å². The summed E-state index contributed by atoms with van der Waals surface area (Å²) >= 11 is 0. The first kappa shape index (κ1) is 20.5. The zero-order valence-corrected chi connectivity index (χ0v) is 17.2. The molecule has 0 radical (unpaired) electrons. The molecule has 3 aromatic rings. The van der Waals surface area contributed by atoms with Crippen molar-refractivity contribution in [2.24, 2.45) is 0 Å². The van der Waals surface area contributed by atoms with Gasteiger partial charge in [0, 0.05) is 24.6 Å². The number of methoxy groups -OCH3 is 1. The van der Waals surface area contributed by atoms with Gasteiger partial charge in [0.25, 0.3) is 0 Å². The number of carbonyl (C=O) groups is 2. The Morgan fingerprint density at radius 3 is 2.39 bits per heavy atom. The lowest BCUT2D eigenvalue weighted by molar-refractivity contribution is -0.136. The summed E-state index contributed by atoms with van der Waals surface area (Å²) in [5.74, 6) is 1.14. The number of para-hydroxylation sites is 1. The van der Waals surface area contributed by atoms with Crippen LogP contribution in [0, 0.1) is 0 Å². The third-order valence-electron chi connectivity index (χ3n) is 5.29. The van der Waals surface area contributed by atoms with E-state index in [1.165, 1.54) is 0 Å². The van der Waals surface area contributed by atoms with E-state index in [9.17, 15) is 9.59 Å². The number of nitrogens with zero attached hydrogens (tertiary/aromatic N) is 1. The van der Waals surface area contributed by atoms with Gasteiger partial charge in [0.15, 0.2) is 0 Å². The van der Waals surface area contributed by atoms with Crippen molar-refractivity contribution in [3.63, 3.8) is 0 Å². The van der Waals surface area contributed by atoms with Crippen LogP contribution in [0.3, 0.4) is 0 Å². The van der Waals surface area contributed by atoms with E-state index in [1.807, 2.05) is 66.7 Å². The zero-order valence-electron chi connectivity index (χ0n) is 17.2. The lowest BCUT2D eigenvalue weighted by Gasteiger charge is -2.30. The fourth-order valence-electron chi connectivity index (χ4n) is 3.75. The number of fused-ring (bicyclic) bond motifs is 1. The minimum Gasteiger partial charge on any atom is -0.496 e. The minimum absolute atomic E-state index is 0.0639. The molecule has 1 amide bonds. The Morgan fingerprint density at radius 2 is 1.71 bits per heavy atom. The van der Waals surface area contributed by atoms with Crippen LogP contribution in [0.2, 0.25) is 0 Å². The normalized spacial score (nSPS) is 12.9. The average Bonchev–Trinajstić information content (AvgIpc) is 2.78. The van der Waals surface area contributed by atoms with Crippen molar-refractivity contribution >= 4 is 17.6 Å². The van der Waals surface area contributed by atoms with Crippen LogP contribution in [0.15, 0.2) is 66.7 Å². The number of carbonyl (C=O) groups excluding carboxylic acids is 1. The Hall–Kier alpha value is -3.80. The number of benzene rings is 3. The van der Waals surface area contributed by atoms with Gasteiger partial charge in [0.1, 0.15) is 17.2 Å². The second-order valence-corrected chi connectivity index (χ2v) is 7.31. The number of carboxylic acid groups (broad SMARTS) is 1. The van der Waals surface area contributed by atoms with Gasteiger partial charge in [-0.3, -0.25) is 9.59 Å². The maximum Gasteiger partial charge on any atom is 0.305 e. The SMILES string of the molecule is COc1cc2c(cc1-c1ccc(Oc3ccccc3)cc1)CCC(=O)N2CCC(=O)O. The summed E-state index contributed by atoms with van der Waals surface area (Å²) < 4.78 is 11.5. The van der Waals surface area contributed by atoms with Gasteiger partial charge in [-0.1, -0.05) is 30.3 Å².